The lowest BCUT2D eigenvalue weighted by Crippen LogP contribution is -2.49. The zero-order chi connectivity index (χ0) is 23.0. The van der Waals surface area contributed by atoms with Gasteiger partial charge in [-0.2, -0.15) is 0 Å². The number of H-pyrrole nitrogens is 1. The predicted molar refractivity (Wildman–Crippen MR) is 125 cm³/mol. The van der Waals surface area contributed by atoms with Crippen molar-refractivity contribution in [3.05, 3.63) is 60.0 Å². The van der Waals surface area contributed by atoms with Crippen molar-refractivity contribution in [1.29, 1.82) is 0 Å². The van der Waals surface area contributed by atoms with Crippen LogP contribution in [-0.4, -0.2) is 51.9 Å². The molecule has 4 rings (SSSR count). The number of thiophene rings is 1. The molecule has 11 heteroatoms. The highest BCUT2D eigenvalue weighted by molar-refractivity contribution is 7.18. The van der Waals surface area contributed by atoms with Crippen molar-refractivity contribution in [2.24, 2.45) is 0 Å². The molecule has 0 saturated carbocycles. The molecule has 1 N–H and O–H groups in total. The molecule has 1 aliphatic heterocycles. The van der Waals surface area contributed by atoms with Crippen LogP contribution >= 0.6 is 22.9 Å². The van der Waals surface area contributed by atoms with E-state index in [1.165, 1.54) is 17.4 Å². The van der Waals surface area contributed by atoms with Gasteiger partial charge in [0.15, 0.2) is 0 Å². The van der Waals surface area contributed by atoms with Gasteiger partial charge in [-0.25, -0.2) is 4.98 Å². The molecule has 1 aromatic carbocycles. The van der Waals surface area contributed by atoms with Crippen LogP contribution in [0.5, 0.6) is 0 Å². The lowest BCUT2D eigenvalue weighted by atomic mass is 10.2. The second-order valence-corrected chi connectivity index (χ2v) is 9.37. The van der Waals surface area contributed by atoms with E-state index in [-0.39, 0.29) is 23.6 Å². The maximum atomic E-state index is 12.7. The first-order valence-electron chi connectivity index (χ1n) is 10.2. The molecule has 0 radical (unpaired) electrons. The number of nitrogens with one attached hydrogen (secondary N) is 1. The van der Waals surface area contributed by atoms with Gasteiger partial charge in [-0.1, -0.05) is 11.6 Å². The number of aromatic nitrogens is 2. The Morgan fingerprint density at radius 2 is 2.00 bits per heavy atom. The lowest BCUT2D eigenvalue weighted by Gasteiger charge is -2.35. The summed E-state index contributed by atoms with van der Waals surface area (Å²) >= 11 is 7.38. The predicted octanol–water partition coefficient (Wildman–Crippen LogP) is 3.44. The van der Waals surface area contributed by atoms with E-state index in [1.807, 2.05) is 18.7 Å². The summed E-state index contributed by atoms with van der Waals surface area (Å²) in [5, 5.41) is 12.3. The molecule has 0 bridgehead atoms. The van der Waals surface area contributed by atoms with E-state index in [1.54, 1.807) is 17.0 Å². The number of halogens is 1. The van der Waals surface area contributed by atoms with Gasteiger partial charge in [0.1, 0.15) is 16.3 Å². The maximum absolute atomic E-state index is 12.7. The number of nitrogens with zero attached hydrogens (tertiary/aromatic N) is 4. The Labute approximate surface area is 192 Å². The molecule has 1 saturated heterocycles. The third-order valence-corrected chi connectivity index (χ3v) is 7.11. The van der Waals surface area contributed by atoms with Crippen molar-refractivity contribution in [1.82, 2.24) is 14.9 Å². The zero-order valence-electron chi connectivity index (χ0n) is 17.7. The van der Waals surface area contributed by atoms with Gasteiger partial charge in [0, 0.05) is 55.0 Å². The molecule has 1 fully saturated rings. The van der Waals surface area contributed by atoms with Crippen molar-refractivity contribution in [2.75, 3.05) is 31.1 Å². The van der Waals surface area contributed by atoms with Gasteiger partial charge in [-0.05, 0) is 31.5 Å². The number of rotatable bonds is 5. The van der Waals surface area contributed by atoms with Crippen LogP contribution in [0, 0.1) is 24.0 Å². The van der Waals surface area contributed by atoms with Crippen LogP contribution in [0.4, 0.5) is 11.4 Å². The van der Waals surface area contributed by atoms with Crippen molar-refractivity contribution in [3.63, 3.8) is 0 Å². The largest absolute Gasteiger partial charge is 0.362 e. The average molecular weight is 476 g/mol. The van der Waals surface area contributed by atoms with E-state index in [0.717, 1.165) is 10.4 Å². The number of benzene rings is 1. The number of nitro groups is 1. The number of fused-ring (bicyclic) bond motifs is 1. The fourth-order valence-corrected chi connectivity index (χ4v) is 5.12. The van der Waals surface area contributed by atoms with Crippen LogP contribution in [0.3, 0.4) is 0 Å². The van der Waals surface area contributed by atoms with Crippen molar-refractivity contribution in [2.45, 2.75) is 26.7 Å². The number of carbonyl (C=O) groups excluding carboxylic acids is 1. The van der Waals surface area contributed by atoms with Gasteiger partial charge in [-0.3, -0.25) is 19.7 Å². The first-order valence-corrected chi connectivity index (χ1v) is 11.4. The highest BCUT2D eigenvalue weighted by Gasteiger charge is 2.26. The Morgan fingerprint density at radius 3 is 2.69 bits per heavy atom. The number of carbonyl (C=O) groups is 1. The summed E-state index contributed by atoms with van der Waals surface area (Å²) in [4.78, 5) is 48.7. The minimum Gasteiger partial charge on any atom is -0.362 e. The molecule has 0 spiro atoms. The number of piperazine rings is 1. The van der Waals surface area contributed by atoms with Crippen LogP contribution < -0.4 is 10.5 Å². The van der Waals surface area contributed by atoms with E-state index in [0.29, 0.717) is 59.4 Å². The van der Waals surface area contributed by atoms with E-state index in [4.69, 9.17) is 11.6 Å². The molecule has 1 amide bonds. The Bertz CT molecular complexity index is 1260. The monoisotopic (exact) mass is 475 g/mol. The van der Waals surface area contributed by atoms with Crippen molar-refractivity contribution >= 4 is 50.4 Å². The summed E-state index contributed by atoms with van der Waals surface area (Å²) in [7, 11) is 0. The number of anilines is 1. The van der Waals surface area contributed by atoms with E-state index in [9.17, 15) is 19.7 Å². The molecule has 0 unspecified atom stereocenters. The summed E-state index contributed by atoms with van der Waals surface area (Å²) in [6, 6.07) is 4.61. The van der Waals surface area contributed by atoms with Gasteiger partial charge in [0.25, 0.3) is 11.2 Å². The summed E-state index contributed by atoms with van der Waals surface area (Å²) in [5.74, 6) is 0.476. The fourth-order valence-electron chi connectivity index (χ4n) is 3.91. The molecular weight excluding hydrogens is 454 g/mol. The molecule has 1 aliphatic rings. The number of aryl methyl sites for hydroxylation is 3. The Hall–Kier alpha value is -2.98. The molecule has 0 atom stereocenters. The highest BCUT2D eigenvalue weighted by atomic mass is 35.5. The average Bonchev–Trinajstić information content (AvgIpc) is 3.06. The lowest BCUT2D eigenvalue weighted by molar-refractivity contribution is -0.384. The second-order valence-electron chi connectivity index (χ2n) is 7.73. The van der Waals surface area contributed by atoms with Gasteiger partial charge in [0.2, 0.25) is 5.91 Å². The van der Waals surface area contributed by atoms with Crippen molar-refractivity contribution < 1.29 is 9.72 Å². The molecular formula is C21H22ClN5O4S. The number of hydrogen-bond donors (Lipinski definition) is 1. The van der Waals surface area contributed by atoms with Gasteiger partial charge < -0.3 is 14.8 Å². The smallest absolute Gasteiger partial charge is 0.294 e. The second kappa shape index (κ2) is 8.87. The maximum Gasteiger partial charge on any atom is 0.294 e. The van der Waals surface area contributed by atoms with E-state index >= 15 is 0 Å². The minimum atomic E-state index is -0.445. The third kappa shape index (κ3) is 4.33. The first kappa shape index (κ1) is 22.2. The fraction of sp³-hybridized carbons (Fsp3) is 0.381. The molecule has 9 nitrogen and oxygen atoms in total. The van der Waals surface area contributed by atoms with Crippen LogP contribution in [0.15, 0.2) is 23.0 Å². The number of nitro benzene ring substituents is 1. The Balaban J connectivity index is 1.38. The summed E-state index contributed by atoms with van der Waals surface area (Å²) in [6.45, 7) is 5.77. The van der Waals surface area contributed by atoms with Crippen LogP contribution in [-0.2, 0) is 11.2 Å². The minimum absolute atomic E-state index is 0.0310. The van der Waals surface area contributed by atoms with Gasteiger partial charge >= 0.3 is 0 Å². The first-order chi connectivity index (χ1) is 15.2. The van der Waals surface area contributed by atoms with E-state index < -0.39 is 4.92 Å². The summed E-state index contributed by atoms with van der Waals surface area (Å²) in [5.41, 5.74) is 1.24. The molecule has 3 aromatic rings. The normalized spacial score (nSPS) is 14.2. The highest BCUT2D eigenvalue weighted by Crippen LogP contribution is 2.31. The van der Waals surface area contributed by atoms with Crippen LogP contribution in [0.25, 0.3) is 10.2 Å². The standard InChI is InChI=1S/C21H22ClN5O4S/c1-12-13(2)32-21-19(12)20(29)23-17(24-21)5-6-18(28)26-9-7-25(8-10-26)15-4-3-14(22)11-16(15)27(30)31/h3-4,11H,5-10H2,1-2H3,(H,23,24,29). The Kier molecular flexibility index (Phi) is 6.16. The zero-order valence-corrected chi connectivity index (χ0v) is 19.3. The Morgan fingerprint density at radius 1 is 1.28 bits per heavy atom. The topological polar surface area (TPSA) is 112 Å². The molecule has 168 valence electrons. The number of hydrogen-bond acceptors (Lipinski definition) is 7. The quantitative estimate of drug-likeness (QED) is 0.446. The SMILES string of the molecule is Cc1sc2nc(CCC(=O)N3CCN(c4ccc(Cl)cc4[N+](=O)[O-])CC3)[nH]c(=O)c2c1C. The van der Waals surface area contributed by atoms with Crippen LogP contribution in [0.1, 0.15) is 22.7 Å². The van der Waals surface area contributed by atoms with Gasteiger partial charge in [-0.15, -0.1) is 11.3 Å². The molecule has 32 heavy (non-hydrogen) atoms. The summed E-state index contributed by atoms with van der Waals surface area (Å²) < 4.78 is 0. The third-order valence-electron chi connectivity index (χ3n) is 5.77. The molecule has 2 aromatic heterocycles. The summed E-state index contributed by atoms with van der Waals surface area (Å²) in [6.07, 6.45) is 0.585. The van der Waals surface area contributed by atoms with Gasteiger partial charge in [0.05, 0.1) is 10.3 Å². The van der Waals surface area contributed by atoms with E-state index in [2.05, 4.69) is 9.97 Å². The number of amides is 1. The molecule has 0 aliphatic carbocycles. The van der Waals surface area contributed by atoms with Crippen LogP contribution in [0.2, 0.25) is 5.02 Å². The number of aromatic amines is 1. The van der Waals surface area contributed by atoms with Crippen molar-refractivity contribution in [3.8, 4) is 0 Å². The molecule has 3 heterocycles.